The number of ether oxygens (including phenoxy) is 2. The quantitative estimate of drug-likeness (QED) is 0.512. The van der Waals surface area contributed by atoms with Crippen molar-refractivity contribution in [3.8, 4) is 5.75 Å². The van der Waals surface area contributed by atoms with Crippen molar-refractivity contribution in [1.29, 1.82) is 0 Å². The molecule has 2 unspecified atom stereocenters. The van der Waals surface area contributed by atoms with Gasteiger partial charge in [-0.2, -0.15) is 0 Å². The average Bonchev–Trinajstić information content (AvgIpc) is 2.97. The molecule has 1 saturated heterocycles. The van der Waals surface area contributed by atoms with Crippen LogP contribution in [-0.2, 0) is 15.1 Å². The van der Waals surface area contributed by atoms with E-state index in [0.29, 0.717) is 0 Å². The van der Waals surface area contributed by atoms with Crippen LogP contribution >= 0.6 is 0 Å². The number of esters is 1. The standard InChI is InChI=1S/C21H25NO3Se/c1-22(2)14-16-13-21(25-20(16)23,15-26-19-7-5-4-6-8-19)17-9-11-18(24-3)12-10-17/h4-12,16H,13-15H2,1-3H3. The third-order valence-electron chi connectivity index (χ3n) is 4.62. The number of hydrogen-bond donors (Lipinski definition) is 0. The van der Waals surface area contributed by atoms with E-state index in [2.05, 4.69) is 29.2 Å². The molecule has 3 rings (SSSR count). The first-order chi connectivity index (χ1) is 12.5. The Labute approximate surface area is 161 Å². The zero-order chi connectivity index (χ0) is 18.6. The molecule has 5 heteroatoms. The van der Waals surface area contributed by atoms with E-state index in [1.165, 1.54) is 4.46 Å². The number of hydrogen-bond acceptors (Lipinski definition) is 4. The fourth-order valence-electron chi connectivity index (χ4n) is 3.34. The Balaban J connectivity index is 1.86. The normalized spacial score (nSPS) is 22.5. The Bertz CT molecular complexity index is 733. The molecule has 0 spiro atoms. The van der Waals surface area contributed by atoms with Crippen LogP contribution in [0.3, 0.4) is 0 Å². The van der Waals surface area contributed by atoms with Crippen LogP contribution in [0.15, 0.2) is 54.6 Å². The predicted molar refractivity (Wildman–Crippen MR) is 104 cm³/mol. The van der Waals surface area contributed by atoms with Gasteiger partial charge >= 0.3 is 161 Å². The van der Waals surface area contributed by atoms with Crippen molar-refractivity contribution in [2.24, 2.45) is 5.92 Å². The molecule has 1 aliphatic rings. The van der Waals surface area contributed by atoms with Gasteiger partial charge in [-0.15, -0.1) is 0 Å². The summed E-state index contributed by atoms with van der Waals surface area (Å²) < 4.78 is 12.7. The van der Waals surface area contributed by atoms with Crippen LogP contribution in [0.5, 0.6) is 5.75 Å². The molecule has 1 fully saturated rings. The second-order valence-electron chi connectivity index (χ2n) is 6.91. The number of benzene rings is 2. The van der Waals surface area contributed by atoms with Gasteiger partial charge in [0.25, 0.3) is 0 Å². The molecule has 1 aliphatic heterocycles. The molecule has 4 nitrogen and oxygen atoms in total. The van der Waals surface area contributed by atoms with Crippen molar-refractivity contribution in [3.05, 3.63) is 60.2 Å². The molecule has 0 radical (unpaired) electrons. The van der Waals surface area contributed by atoms with Gasteiger partial charge in [-0.25, -0.2) is 0 Å². The fourth-order valence-corrected chi connectivity index (χ4v) is 5.63. The summed E-state index contributed by atoms with van der Waals surface area (Å²) in [4.78, 5) is 14.6. The van der Waals surface area contributed by atoms with Crippen LogP contribution in [0.25, 0.3) is 0 Å². The summed E-state index contributed by atoms with van der Waals surface area (Å²) in [5.41, 5.74) is 0.519. The van der Waals surface area contributed by atoms with Crippen molar-refractivity contribution in [2.45, 2.75) is 17.3 Å². The van der Waals surface area contributed by atoms with Gasteiger partial charge in [0.05, 0.1) is 0 Å². The van der Waals surface area contributed by atoms with Gasteiger partial charge in [0, 0.05) is 0 Å². The van der Waals surface area contributed by atoms with Crippen LogP contribution in [0.1, 0.15) is 12.0 Å². The predicted octanol–water partition coefficient (Wildman–Crippen LogP) is 2.46. The van der Waals surface area contributed by atoms with Gasteiger partial charge in [-0.1, -0.05) is 0 Å². The zero-order valence-corrected chi connectivity index (χ0v) is 17.2. The van der Waals surface area contributed by atoms with Gasteiger partial charge in [-0.05, 0) is 0 Å². The first-order valence-corrected chi connectivity index (χ1v) is 10.8. The zero-order valence-electron chi connectivity index (χ0n) is 15.5. The number of carbonyl (C=O) groups excluding carboxylic acids is 1. The maximum atomic E-state index is 12.6. The molecular formula is C21H25NO3Se. The molecule has 0 aliphatic carbocycles. The molecule has 0 saturated carbocycles. The molecule has 0 N–H and O–H groups in total. The Hall–Kier alpha value is -1.81. The third-order valence-corrected chi connectivity index (χ3v) is 7.17. The van der Waals surface area contributed by atoms with Gasteiger partial charge < -0.3 is 0 Å². The average molecular weight is 418 g/mol. The van der Waals surface area contributed by atoms with Crippen LogP contribution < -0.4 is 9.20 Å². The van der Waals surface area contributed by atoms with Crippen LogP contribution in [0.2, 0.25) is 5.32 Å². The molecule has 0 amide bonds. The molecule has 26 heavy (non-hydrogen) atoms. The third kappa shape index (κ3) is 4.29. The van der Waals surface area contributed by atoms with E-state index < -0.39 is 5.60 Å². The Morgan fingerprint density at radius 3 is 2.46 bits per heavy atom. The topological polar surface area (TPSA) is 38.8 Å². The van der Waals surface area contributed by atoms with Crippen molar-refractivity contribution in [3.63, 3.8) is 0 Å². The SMILES string of the molecule is COc1ccc(C2(C[Se]c3ccccc3)CC(CN(C)C)C(=O)O2)cc1. The van der Waals surface area contributed by atoms with Crippen LogP contribution in [0, 0.1) is 5.92 Å². The van der Waals surface area contributed by atoms with E-state index in [0.717, 1.165) is 29.6 Å². The Morgan fingerprint density at radius 1 is 1.15 bits per heavy atom. The monoisotopic (exact) mass is 419 g/mol. The number of rotatable bonds is 7. The summed E-state index contributed by atoms with van der Waals surface area (Å²) in [6.45, 7) is 0.717. The summed E-state index contributed by atoms with van der Waals surface area (Å²) in [7, 11) is 5.65. The molecule has 2 aromatic carbocycles. The first-order valence-electron chi connectivity index (χ1n) is 8.72. The molecule has 0 bridgehead atoms. The van der Waals surface area contributed by atoms with E-state index in [4.69, 9.17) is 9.47 Å². The second-order valence-corrected chi connectivity index (χ2v) is 9.11. The number of carbonyl (C=O) groups is 1. The van der Waals surface area contributed by atoms with Crippen molar-refractivity contribution in [1.82, 2.24) is 4.90 Å². The Kier molecular flexibility index (Phi) is 6.02. The minimum atomic E-state index is -0.542. The summed E-state index contributed by atoms with van der Waals surface area (Å²) in [5.74, 6) is 0.642. The summed E-state index contributed by atoms with van der Waals surface area (Å²) in [5, 5.41) is 0.839. The first kappa shape index (κ1) is 19.0. The summed E-state index contributed by atoms with van der Waals surface area (Å²) >= 11 is 0.231. The van der Waals surface area contributed by atoms with E-state index >= 15 is 0 Å². The van der Waals surface area contributed by atoms with Gasteiger partial charge in [0.15, 0.2) is 0 Å². The molecular weight excluding hydrogens is 393 g/mol. The molecule has 138 valence electrons. The Morgan fingerprint density at radius 2 is 1.85 bits per heavy atom. The van der Waals surface area contributed by atoms with E-state index in [1.54, 1.807) is 7.11 Å². The van der Waals surface area contributed by atoms with E-state index in [-0.39, 0.29) is 26.8 Å². The fraction of sp³-hybridized carbons (Fsp3) is 0.381. The molecule has 1 heterocycles. The van der Waals surface area contributed by atoms with Gasteiger partial charge in [-0.3, -0.25) is 0 Å². The number of nitrogens with zero attached hydrogens (tertiary/aromatic N) is 1. The van der Waals surface area contributed by atoms with Crippen LogP contribution in [-0.4, -0.2) is 53.6 Å². The summed E-state index contributed by atoms with van der Waals surface area (Å²) in [6.07, 6.45) is 0.727. The maximum absolute atomic E-state index is 12.6. The van der Waals surface area contributed by atoms with Crippen molar-refractivity contribution in [2.75, 3.05) is 27.7 Å². The van der Waals surface area contributed by atoms with Crippen LogP contribution in [0.4, 0.5) is 0 Å². The number of cyclic esters (lactones) is 1. The van der Waals surface area contributed by atoms with Crippen molar-refractivity contribution < 1.29 is 14.3 Å². The molecule has 2 aromatic rings. The summed E-state index contributed by atoms with van der Waals surface area (Å²) in [6, 6.07) is 18.4. The van der Waals surface area contributed by atoms with Gasteiger partial charge in [0.1, 0.15) is 0 Å². The van der Waals surface area contributed by atoms with E-state index in [1.807, 2.05) is 44.4 Å². The number of methoxy groups -OCH3 is 1. The second kappa shape index (κ2) is 8.26. The van der Waals surface area contributed by atoms with Gasteiger partial charge in [0.2, 0.25) is 0 Å². The molecule has 0 aromatic heterocycles. The molecule has 2 atom stereocenters. The minimum absolute atomic E-state index is 0.0846. The van der Waals surface area contributed by atoms with Crippen molar-refractivity contribution >= 4 is 25.4 Å². The van der Waals surface area contributed by atoms with E-state index in [9.17, 15) is 4.79 Å².